The molecule has 0 atom stereocenters. The number of carbonyl (C=O) groups is 1. The van der Waals surface area contributed by atoms with Gasteiger partial charge in [0.2, 0.25) is 0 Å². The smallest absolute Gasteiger partial charge is 0.335 e. The van der Waals surface area contributed by atoms with E-state index in [1.807, 2.05) is 42.1 Å². The summed E-state index contributed by atoms with van der Waals surface area (Å²) in [5.74, 6) is -1.30. The molecule has 112 valence electrons. The minimum Gasteiger partial charge on any atom is -0.872 e. The monoisotopic (exact) mass is 297 g/mol. The van der Waals surface area contributed by atoms with Gasteiger partial charge in [0.1, 0.15) is 7.05 Å². The predicted molar refractivity (Wildman–Crippen MR) is 79.6 cm³/mol. The summed E-state index contributed by atoms with van der Waals surface area (Å²) in [6.45, 7) is 0. The zero-order valence-electron chi connectivity index (χ0n) is 11.9. The lowest BCUT2D eigenvalue weighted by atomic mass is 10.2. The van der Waals surface area contributed by atoms with Crippen molar-refractivity contribution in [3.8, 4) is 11.5 Å². The second-order valence-corrected chi connectivity index (χ2v) is 4.64. The molecule has 0 saturated carbocycles. The van der Waals surface area contributed by atoms with Gasteiger partial charge in [-0.1, -0.05) is 30.0 Å². The lowest BCUT2D eigenvalue weighted by Crippen LogP contribution is -2.27. The number of nitrogens with zero attached hydrogens (tertiary/aromatic N) is 1. The molecule has 0 radical (unpaired) electrons. The number of pyridine rings is 1. The summed E-state index contributed by atoms with van der Waals surface area (Å²) in [7, 11) is 1.92. The van der Waals surface area contributed by atoms with Crippen molar-refractivity contribution in [1.82, 2.24) is 0 Å². The summed E-state index contributed by atoms with van der Waals surface area (Å²) in [5.41, 5.74) is 0.697. The Hall–Kier alpha value is -3.08. The van der Waals surface area contributed by atoms with Gasteiger partial charge in [-0.3, -0.25) is 0 Å². The minimum atomic E-state index is -1.18. The number of aromatic nitrogens is 1. The number of fused-ring (bicyclic) bond motifs is 1. The van der Waals surface area contributed by atoms with Crippen molar-refractivity contribution in [2.45, 2.75) is 0 Å². The third-order valence-corrected chi connectivity index (χ3v) is 3.10. The number of aryl methyl sites for hydroxylation is 1. The molecule has 0 bridgehead atoms. The van der Waals surface area contributed by atoms with E-state index in [0.717, 1.165) is 10.9 Å². The summed E-state index contributed by atoms with van der Waals surface area (Å²) in [6, 6.07) is 15.0. The number of hydrogen-bond acceptors (Lipinski definition) is 3. The van der Waals surface area contributed by atoms with Crippen molar-refractivity contribution in [2.24, 2.45) is 7.05 Å². The first-order chi connectivity index (χ1) is 10.5. The zero-order valence-corrected chi connectivity index (χ0v) is 11.9. The molecule has 3 rings (SSSR count). The van der Waals surface area contributed by atoms with Crippen molar-refractivity contribution in [2.75, 3.05) is 0 Å². The Kier molecular flexibility index (Phi) is 4.58. The lowest BCUT2D eigenvalue weighted by Gasteiger charge is -2.07. The van der Waals surface area contributed by atoms with Crippen molar-refractivity contribution >= 4 is 16.9 Å². The third kappa shape index (κ3) is 3.32. The van der Waals surface area contributed by atoms with E-state index in [-0.39, 0.29) is 5.56 Å². The second-order valence-electron chi connectivity index (χ2n) is 4.64. The van der Waals surface area contributed by atoms with Gasteiger partial charge in [-0.05, 0) is 24.3 Å². The van der Waals surface area contributed by atoms with Gasteiger partial charge < -0.3 is 15.3 Å². The van der Waals surface area contributed by atoms with Gasteiger partial charge in [0.05, 0.1) is 10.9 Å². The molecule has 0 aliphatic heterocycles. The number of benzene rings is 2. The van der Waals surface area contributed by atoms with E-state index >= 15 is 0 Å². The molecule has 2 N–H and O–H groups in total. The highest BCUT2D eigenvalue weighted by Gasteiger charge is 2.07. The molecular formula is C17H15NO4. The first-order valence-electron chi connectivity index (χ1n) is 6.56. The Bertz CT molecular complexity index is 778. The summed E-state index contributed by atoms with van der Waals surface area (Å²) < 4.78 is 1.91. The maximum atomic E-state index is 10.7. The standard InChI is InChI=1S/C10H9NO.C7H6O3/c1-11-7-3-5-8-4-2-6-9(12)10(8)11;8-6-4-2-1-3-5(6)7(9)10/h2-7H,1H3;1-4,8H,(H,9,10). The molecule has 5 nitrogen and oxygen atoms in total. The number of phenols is 1. The second kappa shape index (κ2) is 6.58. The normalized spacial score (nSPS) is 9.86. The number of rotatable bonds is 1. The third-order valence-electron chi connectivity index (χ3n) is 3.10. The molecule has 0 saturated heterocycles. The topological polar surface area (TPSA) is 84.5 Å². The van der Waals surface area contributed by atoms with Crippen molar-refractivity contribution in [3.05, 3.63) is 66.4 Å². The van der Waals surface area contributed by atoms with Crippen LogP contribution in [0.2, 0.25) is 0 Å². The van der Waals surface area contributed by atoms with E-state index in [4.69, 9.17) is 5.11 Å². The molecule has 1 aromatic heterocycles. The molecular weight excluding hydrogens is 282 g/mol. The van der Waals surface area contributed by atoms with Gasteiger partial charge in [-0.15, -0.1) is 0 Å². The molecule has 3 aromatic rings. The number of hydrogen-bond donors (Lipinski definition) is 2. The van der Waals surface area contributed by atoms with Crippen LogP contribution in [0.15, 0.2) is 60.8 Å². The highest BCUT2D eigenvalue weighted by Crippen LogP contribution is 2.19. The molecule has 0 fully saturated rings. The number of aromatic hydroxyl groups is 1. The largest absolute Gasteiger partial charge is 0.872 e. The molecule has 2 aromatic carbocycles. The van der Waals surface area contributed by atoms with Crippen LogP contribution < -0.4 is 9.67 Å². The summed E-state index contributed by atoms with van der Waals surface area (Å²) >= 11 is 0. The van der Waals surface area contributed by atoms with E-state index in [1.54, 1.807) is 6.07 Å². The molecule has 1 heterocycles. The van der Waals surface area contributed by atoms with Gasteiger partial charge in [0.25, 0.3) is 5.52 Å². The van der Waals surface area contributed by atoms with Crippen LogP contribution in [0.25, 0.3) is 10.9 Å². The van der Waals surface area contributed by atoms with Crippen molar-refractivity contribution in [1.29, 1.82) is 0 Å². The average molecular weight is 297 g/mol. The van der Waals surface area contributed by atoms with Crippen LogP contribution in [0.5, 0.6) is 11.5 Å². The fourth-order valence-electron chi connectivity index (χ4n) is 2.06. The maximum absolute atomic E-state index is 10.7. The minimum absolute atomic E-state index is 0.178. The average Bonchev–Trinajstić information content (AvgIpc) is 2.48. The lowest BCUT2D eigenvalue weighted by molar-refractivity contribution is -0.645. The number of carboxylic acids is 1. The number of carboxylic acid groups (broad SMARTS) is 1. The Morgan fingerprint density at radius 2 is 1.73 bits per heavy atom. The quantitative estimate of drug-likeness (QED) is 0.671. The van der Waals surface area contributed by atoms with Gasteiger partial charge in [0, 0.05) is 6.07 Å². The number of aromatic carboxylic acids is 1. The zero-order chi connectivity index (χ0) is 16.1. The fourth-order valence-corrected chi connectivity index (χ4v) is 2.06. The van der Waals surface area contributed by atoms with E-state index in [1.165, 1.54) is 24.3 Å². The SMILES string of the molecule is C[n+]1cccc2cccc(O)c21.O=C(O)c1ccccc1[O-]. The van der Waals surface area contributed by atoms with Crippen LogP contribution in [0.1, 0.15) is 10.4 Å². The van der Waals surface area contributed by atoms with E-state index in [9.17, 15) is 15.0 Å². The van der Waals surface area contributed by atoms with Gasteiger partial charge in [0.15, 0.2) is 11.9 Å². The van der Waals surface area contributed by atoms with Gasteiger partial charge in [-0.2, -0.15) is 4.57 Å². The van der Waals surface area contributed by atoms with Crippen LogP contribution in [0.4, 0.5) is 0 Å². The van der Waals surface area contributed by atoms with E-state index in [0.29, 0.717) is 5.75 Å². The molecule has 0 aliphatic carbocycles. The summed E-state index contributed by atoms with van der Waals surface area (Å²) in [6.07, 6.45) is 1.92. The van der Waals surface area contributed by atoms with Crippen molar-refractivity contribution in [3.63, 3.8) is 0 Å². The summed E-state index contributed by atoms with van der Waals surface area (Å²) in [5, 5.41) is 29.6. The van der Waals surface area contributed by atoms with E-state index in [2.05, 4.69) is 0 Å². The Labute approximate surface area is 127 Å². The fraction of sp³-hybridized carbons (Fsp3) is 0.0588. The van der Waals surface area contributed by atoms with Gasteiger partial charge in [-0.25, -0.2) is 4.79 Å². The molecule has 0 amide bonds. The van der Waals surface area contributed by atoms with Crippen molar-refractivity contribution < 1.29 is 24.7 Å². The van der Waals surface area contributed by atoms with E-state index < -0.39 is 11.7 Å². The highest BCUT2D eigenvalue weighted by atomic mass is 16.4. The Morgan fingerprint density at radius 1 is 1.05 bits per heavy atom. The van der Waals surface area contributed by atoms with Crippen LogP contribution in [-0.4, -0.2) is 16.2 Å². The first-order valence-corrected chi connectivity index (χ1v) is 6.56. The summed E-state index contributed by atoms with van der Waals surface area (Å²) in [4.78, 5) is 10.2. The molecule has 22 heavy (non-hydrogen) atoms. The Morgan fingerprint density at radius 3 is 2.32 bits per heavy atom. The van der Waals surface area contributed by atoms with Gasteiger partial charge >= 0.3 is 5.97 Å². The number of phenolic OH excluding ortho intramolecular Hbond substituents is 1. The Balaban J connectivity index is 0.000000164. The number of para-hydroxylation sites is 2. The first kappa shape index (κ1) is 15.3. The predicted octanol–water partition coefficient (Wildman–Crippen LogP) is 1.83. The molecule has 0 aliphatic rings. The highest BCUT2D eigenvalue weighted by molar-refractivity contribution is 5.90. The van der Waals surface area contributed by atoms with Crippen LogP contribution in [0.3, 0.4) is 0 Å². The maximum Gasteiger partial charge on any atom is 0.335 e. The van der Waals surface area contributed by atoms with Crippen LogP contribution >= 0.6 is 0 Å². The molecule has 0 spiro atoms. The van der Waals surface area contributed by atoms with Crippen LogP contribution in [0, 0.1) is 0 Å². The molecule has 5 heteroatoms. The molecule has 0 unspecified atom stereocenters. The van der Waals surface area contributed by atoms with Crippen LogP contribution in [-0.2, 0) is 7.05 Å².